The highest BCUT2D eigenvalue weighted by atomic mass is 19.1. The van der Waals surface area contributed by atoms with Crippen LogP contribution in [0.4, 0.5) is 23.7 Å². The summed E-state index contributed by atoms with van der Waals surface area (Å²) in [5.41, 5.74) is 11.2. The lowest BCUT2D eigenvalue weighted by Crippen LogP contribution is -2.43. The van der Waals surface area contributed by atoms with Crippen molar-refractivity contribution in [3.63, 3.8) is 0 Å². The third-order valence-electron chi connectivity index (χ3n) is 6.73. The number of aromatic nitrogens is 2. The van der Waals surface area contributed by atoms with Crippen molar-refractivity contribution in [3.8, 4) is 11.3 Å². The lowest BCUT2D eigenvalue weighted by molar-refractivity contribution is 0.0872. The molecule has 4 rings (SSSR count). The van der Waals surface area contributed by atoms with Crippen molar-refractivity contribution in [2.24, 2.45) is 23.3 Å². The van der Waals surface area contributed by atoms with Crippen LogP contribution in [0.15, 0.2) is 48.8 Å². The molecule has 2 heterocycles. The van der Waals surface area contributed by atoms with E-state index in [1.807, 2.05) is 6.92 Å². The summed E-state index contributed by atoms with van der Waals surface area (Å²) in [7, 11) is 0. The van der Waals surface area contributed by atoms with Crippen molar-refractivity contribution < 1.29 is 27.5 Å². The van der Waals surface area contributed by atoms with Crippen molar-refractivity contribution in [2.45, 2.75) is 31.7 Å². The van der Waals surface area contributed by atoms with E-state index in [1.165, 1.54) is 6.20 Å². The van der Waals surface area contributed by atoms with Gasteiger partial charge in [0.1, 0.15) is 28.8 Å². The summed E-state index contributed by atoms with van der Waals surface area (Å²) < 4.78 is 47.9. The molecule has 4 atom stereocenters. The van der Waals surface area contributed by atoms with Crippen molar-refractivity contribution >= 4 is 17.7 Å². The number of hydrogen-bond donors (Lipinski definition) is 3. The smallest absolute Gasteiger partial charge is 0.404 e. The molecule has 8 nitrogen and oxygen atoms in total. The second-order valence-corrected chi connectivity index (χ2v) is 9.14. The van der Waals surface area contributed by atoms with Crippen molar-refractivity contribution in [1.29, 1.82) is 0 Å². The van der Waals surface area contributed by atoms with Gasteiger partial charge in [-0.25, -0.2) is 22.9 Å². The van der Waals surface area contributed by atoms with Gasteiger partial charge in [0.25, 0.3) is 5.91 Å². The highest BCUT2D eigenvalue weighted by molar-refractivity contribution is 6.03. The number of amides is 2. The van der Waals surface area contributed by atoms with Crippen molar-refractivity contribution in [2.75, 3.05) is 11.9 Å². The van der Waals surface area contributed by atoms with E-state index in [2.05, 4.69) is 15.3 Å². The molecule has 0 aliphatic heterocycles. The Morgan fingerprint density at radius 2 is 1.81 bits per heavy atom. The van der Waals surface area contributed by atoms with Crippen LogP contribution < -0.4 is 16.8 Å². The van der Waals surface area contributed by atoms with Crippen LogP contribution in [0.5, 0.6) is 0 Å². The number of nitrogens with two attached hydrogens (primary N) is 2. The molecule has 1 aliphatic rings. The summed E-state index contributed by atoms with van der Waals surface area (Å²) in [5.74, 6) is -3.67. The number of carbonyl (C=O) groups excluding carboxylic acids is 2. The van der Waals surface area contributed by atoms with Gasteiger partial charge in [-0.3, -0.25) is 9.78 Å². The Morgan fingerprint density at radius 3 is 2.49 bits per heavy atom. The molecule has 2 aromatic heterocycles. The molecule has 1 fully saturated rings. The molecule has 37 heavy (non-hydrogen) atoms. The Hall–Kier alpha value is -3.99. The zero-order valence-electron chi connectivity index (χ0n) is 20.0. The summed E-state index contributed by atoms with van der Waals surface area (Å²) in [4.78, 5) is 32.1. The molecule has 0 unspecified atom stereocenters. The number of pyridine rings is 2. The number of ether oxygens (including phenoxy) is 1. The van der Waals surface area contributed by atoms with Crippen LogP contribution in [0.2, 0.25) is 0 Å². The summed E-state index contributed by atoms with van der Waals surface area (Å²) in [6.07, 6.45) is 3.50. The number of hydrogen-bond acceptors (Lipinski definition) is 6. The summed E-state index contributed by atoms with van der Waals surface area (Å²) >= 11 is 0. The second-order valence-electron chi connectivity index (χ2n) is 9.14. The van der Waals surface area contributed by atoms with Gasteiger partial charge < -0.3 is 21.5 Å². The van der Waals surface area contributed by atoms with E-state index in [4.69, 9.17) is 16.2 Å². The monoisotopic (exact) mass is 513 g/mol. The maximum absolute atomic E-state index is 14.4. The maximum atomic E-state index is 14.4. The molecule has 0 radical (unpaired) electrons. The topological polar surface area (TPSA) is 133 Å². The van der Waals surface area contributed by atoms with Crippen LogP contribution in [-0.2, 0) is 4.74 Å². The maximum Gasteiger partial charge on any atom is 0.404 e. The number of primary amides is 1. The van der Waals surface area contributed by atoms with E-state index in [0.29, 0.717) is 18.5 Å². The van der Waals surface area contributed by atoms with Gasteiger partial charge in [0.05, 0.1) is 24.1 Å². The fraction of sp³-hybridized carbons (Fsp3) is 0.308. The van der Waals surface area contributed by atoms with Crippen LogP contribution in [0.3, 0.4) is 0 Å². The number of carbonyl (C=O) groups is 2. The van der Waals surface area contributed by atoms with Gasteiger partial charge in [0.2, 0.25) is 0 Å². The number of benzene rings is 1. The first-order valence-corrected chi connectivity index (χ1v) is 11.7. The van der Waals surface area contributed by atoms with Gasteiger partial charge >= 0.3 is 6.09 Å². The van der Waals surface area contributed by atoms with E-state index < -0.39 is 40.7 Å². The largest absolute Gasteiger partial charge is 0.449 e. The fourth-order valence-electron chi connectivity index (χ4n) is 4.89. The van der Waals surface area contributed by atoms with Gasteiger partial charge in [0.15, 0.2) is 0 Å². The zero-order chi connectivity index (χ0) is 26.7. The van der Waals surface area contributed by atoms with Gasteiger partial charge in [-0.1, -0.05) is 13.0 Å². The van der Waals surface area contributed by atoms with Gasteiger partial charge in [-0.2, -0.15) is 0 Å². The molecular weight excluding hydrogens is 487 g/mol. The lowest BCUT2D eigenvalue weighted by atomic mass is 9.70. The van der Waals surface area contributed by atoms with E-state index >= 15 is 0 Å². The Morgan fingerprint density at radius 1 is 1.08 bits per heavy atom. The summed E-state index contributed by atoms with van der Waals surface area (Å²) in [6, 6.07) is 6.68. The first-order chi connectivity index (χ1) is 17.7. The number of halogens is 3. The number of nitrogens with zero attached hydrogens (tertiary/aromatic N) is 2. The normalized spacial score (nSPS) is 21.3. The Balaban J connectivity index is 1.56. The third kappa shape index (κ3) is 5.72. The molecule has 5 N–H and O–H groups in total. The molecule has 0 saturated heterocycles. The van der Waals surface area contributed by atoms with Gasteiger partial charge in [-0.05, 0) is 60.6 Å². The number of rotatable bonds is 6. The van der Waals surface area contributed by atoms with Crippen LogP contribution >= 0.6 is 0 Å². The van der Waals surface area contributed by atoms with Gasteiger partial charge in [-0.15, -0.1) is 0 Å². The average Bonchev–Trinajstić information content (AvgIpc) is 2.84. The van der Waals surface area contributed by atoms with Crippen LogP contribution in [0.25, 0.3) is 11.3 Å². The molecule has 11 heteroatoms. The second kappa shape index (κ2) is 11.0. The standard InChI is InChI=1S/C26H26F3N5O3/c1-13-9-14(10-20(30)16(13)12-37-26(31)36)15-7-8-32-11-22(15)34-25(35)21-6-5-19(29)24(33-21)23-17(27)3-2-4-18(23)28/h2-8,11,13-14,16,20H,9-10,12,30H2,1H3,(H2,31,36)(H,34,35)/t13-,14+,16-,20+/m0/s1. The molecule has 1 saturated carbocycles. The summed E-state index contributed by atoms with van der Waals surface area (Å²) in [5, 5.41) is 2.73. The van der Waals surface area contributed by atoms with E-state index in [0.717, 1.165) is 35.9 Å². The first kappa shape index (κ1) is 26.1. The van der Waals surface area contributed by atoms with Crippen LogP contribution in [0, 0.1) is 29.3 Å². The minimum absolute atomic E-state index is 0.0302. The van der Waals surface area contributed by atoms with Crippen molar-refractivity contribution in [3.05, 3.63) is 77.5 Å². The predicted octanol–water partition coefficient (Wildman–Crippen LogP) is 4.37. The molecule has 0 bridgehead atoms. The van der Waals surface area contributed by atoms with Crippen molar-refractivity contribution in [1.82, 2.24) is 9.97 Å². The minimum Gasteiger partial charge on any atom is -0.449 e. The fourth-order valence-corrected chi connectivity index (χ4v) is 4.89. The molecule has 3 aromatic rings. The van der Waals surface area contributed by atoms with Crippen LogP contribution in [0.1, 0.15) is 41.7 Å². The quantitative estimate of drug-likeness (QED) is 0.448. The summed E-state index contributed by atoms with van der Waals surface area (Å²) in [6.45, 7) is 2.14. The molecule has 2 amide bonds. The predicted molar refractivity (Wildman–Crippen MR) is 130 cm³/mol. The van der Waals surface area contributed by atoms with E-state index in [-0.39, 0.29) is 36.1 Å². The minimum atomic E-state index is -0.999. The van der Waals surface area contributed by atoms with E-state index in [9.17, 15) is 22.8 Å². The molecule has 1 aliphatic carbocycles. The SMILES string of the molecule is C[C@H]1C[C@@H](c2ccncc2NC(=O)c2ccc(F)c(-c3c(F)cccc3F)n2)C[C@@H](N)[C@H]1COC(N)=O. The molecular formula is C26H26F3N5O3. The highest BCUT2D eigenvalue weighted by Gasteiger charge is 2.36. The van der Waals surface area contributed by atoms with Gasteiger partial charge in [0, 0.05) is 18.2 Å². The third-order valence-corrected chi connectivity index (χ3v) is 6.73. The lowest BCUT2D eigenvalue weighted by Gasteiger charge is -2.39. The zero-order valence-corrected chi connectivity index (χ0v) is 20.0. The van der Waals surface area contributed by atoms with Crippen LogP contribution in [-0.4, -0.2) is 34.6 Å². The molecule has 0 spiro atoms. The van der Waals surface area contributed by atoms with E-state index in [1.54, 1.807) is 12.3 Å². The Labute approximate surface area is 211 Å². The highest BCUT2D eigenvalue weighted by Crippen LogP contribution is 2.41. The number of nitrogens with one attached hydrogen (secondary N) is 1. The Bertz CT molecular complexity index is 1290. The first-order valence-electron chi connectivity index (χ1n) is 11.7. The Kier molecular flexibility index (Phi) is 7.72. The average molecular weight is 514 g/mol. The number of anilines is 1. The molecule has 194 valence electrons. The molecule has 1 aromatic carbocycles.